The van der Waals surface area contributed by atoms with E-state index in [4.69, 9.17) is 0 Å². The predicted octanol–water partition coefficient (Wildman–Crippen LogP) is 3.22. The number of rotatable bonds is 4. The molecular formula is C21H25FN4O. The van der Waals surface area contributed by atoms with Gasteiger partial charge in [-0.15, -0.1) is 0 Å². The molecule has 5 nitrogen and oxygen atoms in total. The van der Waals surface area contributed by atoms with Crippen molar-refractivity contribution in [2.75, 3.05) is 29.9 Å². The fraction of sp³-hybridized carbons (Fsp3) is 0.381. The molecule has 2 aliphatic rings. The van der Waals surface area contributed by atoms with Gasteiger partial charge in [0.25, 0.3) is 0 Å². The Morgan fingerprint density at radius 2 is 1.70 bits per heavy atom. The summed E-state index contributed by atoms with van der Waals surface area (Å²) in [5.74, 6) is -0.593. The van der Waals surface area contributed by atoms with Crippen molar-refractivity contribution in [3.63, 3.8) is 0 Å². The number of halogens is 1. The summed E-state index contributed by atoms with van der Waals surface area (Å²) in [6, 6.07) is 14.2. The molecule has 2 aliphatic heterocycles. The number of hydrazine groups is 1. The van der Waals surface area contributed by atoms with Crippen LogP contribution < -0.4 is 21.1 Å². The third-order valence-electron chi connectivity index (χ3n) is 5.40. The zero-order valence-electron chi connectivity index (χ0n) is 15.2. The number of amides is 1. The Morgan fingerprint density at radius 3 is 2.41 bits per heavy atom. The van der Waals surface area contributed by atoms with Crippen LogP contribution in [0.4, 0.5) is 15.8 Å². The zero-order valence-corrected chi connectivity index (χ0v) is 15.2. The standard InChI is InChI=1S/C21H25FN4O/c22-16-6-4-15(5-7-16)20-19(14-23-25-20)21(27)24-17-8-10-18(11-9-17)26-12-2-1-3-13-26/h4-11,19-20,23,25H,1-3,12-14H2,(H,24,27). The van der Waals surface area contributed by atoms with Crippen molar-refractivity contribution >= 4 is 17.3 Å². The first-order valence-corrected chi connectivity index (χ1v) is 9.60. The van der Waals surface area contributed by atoms with E-state index >= 15 is 0 Å². The van der Waals surface area contributed by atoms with Crippen molar-refractivity contribution < 1.29 is 9.18 Å². The molecular weight excluding hydrogens is 343 g/mol. The first kappa shape index (κ1) is 17.9. The van der Waals surface area contributed by atoms with Gasteiger partial charge in [-0.1, -0.05) is 12.1 Å². The maximum atomic E-state index is 13.2. The molecule has 142 valence electrons. The average molecular weight is 368 g/mol. The molecule has 2 saturated heterocycles. The quantitative estimate of drug-likeness (QED) is 0.776. The van der Waals surface area contributed by atoms with E-state index in [1.807, 2.05) is 12.1 Å². The molecule has 1 amide bonds. The Bertz CT molecular complexity index is 772. The van der Waals surface area contributed by atoms with Crippen molar-refractivity contribution in [1.29, 1.82) is 0 Å². The zero-order chi connectivity index (χ0) is 18.6. The minimum absolute atomic E-state index is 0.0486. The van der Waals surface area contributed by atoms with Gasteiger partial charge in [-0.25, -0.2) is 9.82 Å². The number of piperidine rings is 1. The van der Waals surface area contributed by atoms with Crippen molar-refractivity contribution in [2.45, 2.75) is 25.3 Å². The highest BCUT2D eigenvalue weighted by atomic mass is 19.1. The van der Waals surface area contributed by atoms with E-state index < -0.39 is 0 Å². The summed E-state index contributed by atoms with van der Waals surface area (Å²) < 4.78 is 13.2. The van der Waals surface area contributed by atoms with Gasteiger partial charge in [0.1, 0.15) is 5.82 Å². The van der Waals surface area contributed by atoms with Crippen LogP contribution in [0.5, 0.6) is 0 Å². The Labute approximate surface area is 158 Å². The molecule has 2 atom stereocenters. The van der Waals surface area contributed by atoms with Crippen LogP contribution in [0.2, 0.25) is 0 Å². The summed E-state index contributed by atoms with van der Waals surface area (Å²) in [5, 5.41) is 3.01. The molecule has 2 unspecified atom stereocenters. The molecule has 2 fully saturated rings. The number of carbonyl (C=O) groups is 1. The largest absolute Gasteiger partial charge is 0.372 e. The third-order valence-corrected chi connectivity index (χ3v) is 5.40. The maximum absolute atomic E-state index is 13.2. The fourth-order valence-electron chi connectivity index (χ4n) is 3.87. The number of hydrogen-bond donors (Lipinski definition) is 3. The molecule has 2 aromatic carbocycles. The summed E-state index contributed by atoms with van der Waals surface area (Å²) in [4.78, 5) is 15.2. The van der Waals surface area contributed by atoms with E-state index in [2.05, 4.69) is 33.2 Å². The van der Waals surface area contributed by atoms with Crippen molar-refractivity contribution in [3.05, 3.63) is 59.9 Å². The normalized spacial score (nSPS) is 22.6. The highest BCUT2D eigenvalue weighted by Gasteiger charge is 2.34. The molecule has 2 aromatic rings. The van der Waals surface area contributed by atoms with E-state index in [1.54, 1.807) is 12.1 Å². The summed E-state index contributed by atoms with van der Waals surface area (Å²) in [7, 11) is 0. The van der Waals surface area contributed by atoms with Gasteiger partial charge in [-0.05, 0) is 61.2 Å². The first-order valence-electron chi connectivity index (χ1n) is 9.60. The summed E-state index contributed by atoms with van der Waals surface area (Å²) in [6.07, 6.45) is 3.79. The molecule has 0 aromatic heterocycles. The number of hydrogen-bond acceptors (Lipinski definition) is 4. The molecule has 2 heterocycles. The Hall–Kier alpha value is -2.44. The number of anilines is 2. The number of nitrogens with one attached hydrogen (secondary N) is 3. The molecule has 0 radical (unpaired) electrons. The van der Waals surface area contributed by atoms with Crippen LogP contribution in [0.3, 0.4) is 0 Å². The highest BCUT2D eigenvalue weighted by molar-refractivity contribution is 5.93. The Morgan fingerprint density at radius 1 is 1.00 bits per heavy atom. The number of carbonyl (C=O) groups excluding carboxylic acids is 1. The SMILES string of the molecule is O=C(Nc1ccc(N2CCCCC2)cc1)C1CNNC1c1ccc(F)cc1. The lowest BCUT2D eigenvalue weighted by Crippen LogP contribution is -2.30. The van der Waals surface area contributed by atoms with Crippen molar-refractivity contribution in [3.8, 4) is 0 Å². The molecule has 0 bridgehead atoms. The predicted molar refractivity (Wildman–Crippen MR) is 105 cm³/mol. The molecule has 27 heavy (non-hydrogen) atoms. The van der Waals surface area contributed by atoms with Gasteiger partial charge in [0.15, 0.2) is 0 Å². The first-order chi connectivity index (χ1) is 13.2. The highest BCUT2D eigenvalue weighted by Crippen LogP contribution is 2.27. The molecule has 4 rings (SSSR count). The van der Waals surface area contributed by atoms with E-state index in [1.165, 1.54) is 37.1 Å². The minimum atomic E-state index is -0.278. The molecule has 3 N–H and O–H groups in total. The molecule has 0 saturated carbocycles. The second-order valence-corrected chi connectivity index (χ2v) is 7.24. The topological polar surface area (TPSA) is 56.4 Å². The van der Waals surface area contributed by atoms with E-state index in [0.717, 1.165) is 24.3 Å². The van der Waals surface area contributed by atoms with Crippen LogP contribution in [-0.4, -0.2) is 25.5 Å². The lowest BCUT2D eigenvalue weighted by molar-refractivity contribution is -0.119. The summed E-state index contributed by atoms with van der Waals surface area (Å²) in [5.41, 5.74) is 9.06. The molecule has 0 aliphatic carbocycles. The van der Waals surface area contributed by atoms with Crippen molar-refractivity contribution in [2.24, 2.45) is 5.92 Å². The van der Waals surface area contributed by atoms with Crippen LogP contribution in [0.15, 0.2) is 48.5 Å². The van der Waals surface area contributed by atoms with Gasteiger partial charge < -0.3 is 10.2 Å². The summed E-state index contributed by atoms with van der Waals surface area (Å²) >= 11 is 0. The van der Waals surface area contributed by atoms with Gasteiger partial charge >= 0.3 is 0 Å². The van der Waals surface area contributed by atoms with E-state index in [0.29, 0.717) is 6.54 Å². The fourth-order valence-corrected chi connectivity index (χ4v) is 3.87. The van der Waals surface area contributed by atoms with Crippen LogP contribution in [-0.2, 0) is 4.79 Å². The third kappa shape index (κ3) is 4.12. The smallest absolute Gasteiger partial charge is 0.230 e. The minimum Gasteiger partial charge on any atom is -0.372 e. The lowest BCUT2D eigenvalue weighted by atomic mass is 9.94. The number of nitrogens with zero attached hydrogens (tertiary/aromatic N) is 1. The van der Waals surface area contributed by atoms with Gasteiger partial charge in [0, 0.05) is 31.0 Å². The van der Waals surface area contributed by atoms with Gasteiger partial charge in [-0.2, -0.15) is 0 Å². The monoisotopic (exact) mass is 368 g/mol. The van der Waals surface area contributed by atoms with Crippen LogP contribution in [0.25, 0.3) is 0 Å². The van der Waals surface area contributed by atoms with Gasteiger partial charge in [0.2, 0.25) is 5.91 Å². The number of benzene rings is 2. The average Bonchev–Trinajstić information content (AvgIpc) is 3.20. The Kier molecular flexibility index (Phi) is 5.36. The van der Waals surface area contributed by atoms with Crippen LogP contribution in [0.1, 0.15) is 30.9 Å². The van der Waals surface area contributed by atoms with Crippen LogP contribution >= 0.6 is 0 Å². The van der Waals surface area contributed by atoms with Gasteiger partial charge in [-0.3, -0.25) is 10.2 Å². The van der Waals surface area contributed by atoms with Crippen molar-refractivity contribution in [1.82, 2.24) is 10.9 Å². The second-order valence-electron chi connectivity index (χ2n) is 7.24. The van der Waals surface area contributed by atoms with Gasteiger partial charge in [0.05, 0.1) is 12.0 Å². The molecule has 6 heteroatoms. The molecule has 0 spiro atoms. The Balaban J connectivity index is 1.41. The van der Waals surface area contributed by atoms with E-state index in [9.17, 15) is 9.18 Å². The second kappa shape index (κ2) is 8.06. The van der Waals surface area contributed by atoms with Crippen LogP contribution in [0, 0.1) is 11.7 Å². The lowest BCUT2D eigenvalue weighted by Gasteiger charge is -2.29. The maximum Gasteiger partial charge on any atom is 0.230 e. The summed E-state index contributed by atoms with van der Waals surface area (Å²) in [6.45, 7) is 2.73. The van der Waals surface area contributed by atoms with E-state index in [-0.39, 0.29) is 23.7 Å².